The minimum Gasteiger partial charge on any atom is -0.481 e. The lowest BCUT2D eigenvalue weighted by Gasteiger charge is -2.47. The third-order valence-electron chi connectivity index (χ3n) is 3.73. The summed E-state index contributed by atoms with van der Waals surface area (Å²) in [5.41, 5.74) is -0.628. The Balaban J connectivity index is 1.96. The fourth-order valence-corrected chi connectivity index (χ4v) is 2.75. The van der Waals surface area contributed by atoms with Gasteiger partial charge < -0.3 is 10.2 Å². The van der Waals surface area contributed by atoms with Gasteiger partial charge in [-0.05, 0) is 39.2 Å². The van der Waals surface area contributed by atoms with Crippen molar-refractivity contribution in [1.29, 1.82) is 0 Å². The van der Waals surface area contributed by atoms with Crippen LogP contribution in [0.2, 0.25) is 0 Å². The summed E-state index contributed by atoms with van der Waals surface area (Å²) in [6, 6.07) is 0.161. The standard InChI is InChI=1S/C11H19NO3/c1-11(15)5-2-6-12(7-11)9-4-3-8(9)10(13)14/h8-9,15H,2-7H2,1H3,(H,13,14). The smallest absolute Gasteiger partial charge is 0.308 e. The van der Waals surface area contributed by atoms with Crippen LogP contribution in [0.15, 0.2) is 0 Å². The molecule has 0 aromatic heterocycles. The van der Waals surface area contributed by atoms with E-state index in [2.05, 4.69) is 4.90 Å². The maximum Gasteiger partial charge on any atom is 0.308 e. The first-order chi connectivity index (χ1) is 6.99. The quantitative estimate of drug-likeness (QED) is 0.708. The number of aliphatic hydroxyl groups is 1. The minimum atomic E-state index is -0.684. The maximum atomic E-state index is 10.9. The van der Waals surface area contributed by atoms with Gasteiger partial charge in [-0.3, -0.25) is 9.69 Å². The van der Waals surface area contributed by atoms with Gasteiger partial charge in [0, 0.05) is 12.6 Å². The van der Waals surface area contributed by atoms with Crippen molar-refractivity contribution in [1.82, 2.24) is 4.90 Å². The molecule has 0 spiro atoms. The summed E-state index contributed by atoms with van der Waals surface area (Å²) in [6.07, 6.45) is 3.55. The Morgan fingerprint density at radius 2 is 2.20 bits per heavy atom. The van der Waals surface area contributed by atoms with E-state index in [1.807, 2.05) is 6.92 Å². The van der Waals surface area contributed by atoms with Crippen LogP contribution in [-0.4, -0.2) is 45.8 Å². The van der Waals surface area contributed by atoms with Crippen LogP contribution in [0, 0.1) is 5.92 Å². The number of nitrogens with zero attached hydrogens (tertiary/aromatic N) is 1. The van der Waals surface area contributed by atoms with E-state index in [0.717, 1.165) is 32.2 Å². The number of carboxylic acids is 1. The second kappa shape index (κ2) is 3.76. The van der Waals surface area contributed by atoms with Gasteiger partial charge in [0.2, 0.25) is 0 Å². The van der Waals surface area contributed by atoms with Gasteiger partial charge in [0.1, 0.15) is 0 Å². The molecule has 3 unspecified atom stereocenters. The minimum absolute atomic E-state index is 0.161. The zero-order valence-corrected chi connectivity index (χ0v) is 9.15. The highest BCUT2D eigenvalue weighted by Gasteiger charge is 2.43. The van der Waals surface area contributed by atoms with Gasteiger partial charge in [0.05, 0.1) is 11.5 Å². The molecule has 0 aromatic rings. The average molecular weight is 213 g/mol. The molecule has 1 saturated carbocycles. The van der Waals surface area contributed by atoms with Crippen molar-refractivity contribution in [3.8, 4) is 0 Å². The molecule has 86 valence electrons. The van der Waals surface area contributed by atoms with Crippen molar-refractivity contribution in [3.05, 3.63) is 0 Å². The van der Waals surface area contributed by atoms with Crippen LogP contribution in [0.3, 0.4) is 0 Å². The van der Waals surface area contributed by atoms with Crippen LogP contribution < -0.4 is 0 Å². The summed E-state index contributed by atoms with van der Waals surface area (Å²) in [4.78, 5) is 13.1. The summed E-state index contributed by atoms with van der Waals surface area (Å²) < 4.78 is 0. The molecule has 3 atom stereocenters. The maximum absolute atomic E-state index is 10.9. The molecule has 1 heterocycles. The molecule has 0 radical (unpaired) electrons. The van der Waals surface area contributed by atoms with E-state index in [9.17, 15) is 9.90 Å². The average Bonchev–Trinajstić information content (AvgIpc) is 1.97. The van der Waals surface area contributed by atoms with Gasteiger partial charge in [0.25, 0.3) is 0 Å². The van der Waals surface area contributed by atoms with Crippen LogP contribution >= 0.6 is 0 Å². The highest BCUT2D eigenvalue weighted by Crippen LogP contribution is 2.35. The molecule has 0 aromatic carbocycles. The van der Waals surface area contributed by atoms with Crippen LogP contribution in [0.5, 0.6) is 0 Å². The molecular weight excluding hydrogens is 194 g/mol. The van der Waals surface area contributed by atoms with Crippen molar-refractivity contribution in [2.45, 2.75) is 44.2 Å². The predicted octanol–water partition coefficient (Wildman–Crippen LogP) is 0.696. The molecule has 2 rings (SSSR count). The van der Waals surface area contributed by atoms with Crippen molar-refractivity contribution < 1.29 is 15.0 Å². The summed E-state index contributed by atoms with van der Waals surface area (Å²) in [5.74, 6) is -0.893. The molecule has 1 aliphatic heterocycles. The van der Waals surface area contributed by atoms with Crippen LogP contribution in [0.25, 0.3) is 0 Å². The number of aliphatic carboxylic acids is 1. The lowest BCUT2D eigenvalue weighted by atomic mass is 9.77. The van der Waals surface area contributed by atoms with Gasteiger partial charge >= 0.3 is 5.97 Å². The number of likely N-dealkylation sites (tertiary alicyclic amines) is 1. The zero-order chi connectivity index (χ0) is 11.1. The third kappa shape index (κ3) is 2.16. The highest BCUT2D eigenvalue weighted by atomic mass is 16.4. The van der Waals surface area contributed by atoms with E-state index in [0.29, 0.717) is 6.54 Å². The van der Waals surface area contributed by atoms with Crippen molar-refractivity contribution in [3.63, 3.8) is 0 Å². The number of hydrogen-bond acceptors (Lipinski definition) is 3. The van der Waals surface area contributed by atoms with E-state index >= 15 is 0 Å². The fraction of sp³-hybridized carbons (Fsp3) is 0.909. The molecule has 4 nitrogen and oxygen atoms in total. The first-order valence-electron chi connectivity index (χ1n) is 5.69. The summed E-state index contributed by atoms with van der Waals surface area (Å²) >= 11 is 0. The van der Waals surface area contributed by atoms with E-state index in [-0.39, 0.29) is 12.0 Å². The monoisotopic (exact) mass is 213 g/mol. The first kappa shape index (κ1) is 10.9. The molecule has 1 saturated heterocycles. The molecule has 2 fully saturated rings. The molecule has 15 heavy (non-hydrogen) atoms. The van der Waals surface area contributed by atoms with Gasteiger partial charge in [-0.1, -0.05) is 0 Å². The lowest BCUT2D eigenvalue weighted by Crippen LogP contribution is -2.57. The lowest BCUT2D eigenvalue weighted by molar-refractivity contribution is -0.151. The van der Waals surface area contributed by atoms with Gasteiger partial charge in [0.15, 0.2) is 0 Å². The molecular formula is C11H19NO3. The van der Waals surface area contributed by atoms with Gasteiger partial charge in [-0.25, -0.2) is 0 Å². The predicted molar refractivity (Wildman–Crippen MR) is 55.6 cm³/mol. The van der Waals surface area contributed by atoms with Crippen molar-refractivity contribution >= 4 is 5.97 Å². The number of hydrogen-bond donors (Lipinski definition) is 2. The largest absolute Gasteiger partial charge is 0.481 e. The SMILES string of the molecule is CC1(O)CCCN(C2CCC2C(=O)O)C1. The summed E-state index contributed by atoms with van der Waals surface area (Å²) in [5, 5.41) is 18.9. The second-order valence-corrected chi connectivity index (χ2v) is 5.16. The van der Waals surface area contributed by atoms with E-state index in [1.165, 1.54) is 0 Å². The second-order valence-electron chi connectivity index (χ2n) is 5.16. The van der Waals surface area contributed by atoms with Crippen LogP contribution in [0.1, 0.15) is 32.6 Å². The Hall–Kier alpha value is -0.610. The molecule has 2 aliphatic rings. The zero-order valence-electron chi connectivity index (χ0n) is 9.15. The van der Waals surface area contributed by atoms with Gasteiger partial charge in [-0.15, -0.1) is 0 Å². The van der Waals surface area contributed by atoms with Crippen LogP contribution in [-0.2, 0) is 4.79 Å². The number of piperidine rings is 1. The Bertz CT molecular complexity index is 265. The van der Waals surface area contributed by atoms with Crippen molar-refractivity contribution in [2.24, 2.45) is 5.92 Å². The summed E-state index contributed by atoms with van der Waals surface area (Å²) in [7, 11) is 0. The van der Waals surface area contributed by atoms with E-state index in [1.54, 1.807) is 0 Å². The molecule has 1 aliphatic carbocycles. The molecule has 2 N–H and O–H groups in total. The number of rotatable bonds is 2. The molecule has 4 heteroatoms. The Morgan fingerprint density at radius 1 is 1.47 bits per heavy atom. The molecule has 0 bridgehead atoms. The number of β-amino-alcohol motifs (C(OH)–C–C–N with tert-alkyl or cyclic N) is 1. The van der Waals surface area contributed by atoms with Crippen molar-refractivity contribution in [2.75, 3.05) is 13.1 Å². The van der Waals surface area contributed by atoms with E-state index in [4.69, 9.17) is 5.11 Å². The normalized spacial score (nSPS) is 42.3. The third-order valence-corrected chi connectivity index (χ3v) is 3.73. The first-order valence-corrected chi connectivity index (χ1v) is 5.69. The number of carboxylic acid groups (broad SMARTS) is 1. The molecule has 0 amide bonds. The van der Waals surface area contributed by atoms with E-state index < -0.39 is 11.6 Å². The van der Waals surface area contributed by atoms with Crippen LogP contribution in [0.4, 0.5) is 0 Å². The Kier molecular flexibility index (Phi) is 2.73. The Morgan fingerprint density at radius 3 is 2.67 bits per heavy atom. The number of carbonyl (C=O) groups is 1. The fourth-order valence-electron chi connectivity index (χ4n) is 2.75. The van der Waals surface area contributed by atoms with Gasteiger partial charge in [-0.2, -0.15) is 0 Å². The Labute approximate surface area is 89.9 Å². The topological polar surface area (TPSA) is 60.8 Å². The summed E-state index contributed by atoms with van der Waals surface area (Å²) in [6.45, 7) is 3.40. The highest BCUT2D eigenvalue weighted by molar-refractivity contribution is 5.72.